The fourth-order valence-electron chi connectivity index (χ4n) is 1.58. The minimum Gasteiger partial charge on any atom is -0.374 e. The lowest BCUT2D eigenvalue weighted by Crippen LogP contribution is -2.22. The molecule has 0 spiro atoms. The molecule has 1 aliphatic carbocycles. The van der Waals surface area contributed by atoms with E-state index in [0.29, 0.717) is 0 Å². The molecule has 1 aliphatic rings. The lowest BCUT2D eigenvalue weighted by molar-refractivity contribution is 0.358. The normalized spacial score (nSPS) is 20.4. The number of hydrogen-bond donors (Lipinski definition) is 1. The van der Waals surface area contributed by atoms with Gasteiger partial charge in [0.1, 0.15) is 5.49 Å². The number of nitrogens with one attached hydrogen (secondary N) is 1. The van der Waals surface area contributed by atoms with Crippen molar-refractivity contribution in [1.29, 1.82) is 0 Å². The first kappa shape index (κ1) is 7.99. The molecule has 0 atom stereocenters. The van der Waals surface area contributed by atoms with Crippen LogP contribution in [0.2, 0.25) is 0 Å². The Kier molecular flexibility index (Phi) is 3.73. The van der Waals surface area contributed by atoms with Gasteiger partial charge in [0.2, 0.25) is 0 Å². The first-order valence-corrected chi connectivity index (χ1v) is 4.44. The van der Waals surface area contributed by atoms with Crippen molar-refractivity contribution in [2.75, 3.05) is 6.54 Å². The van der Waals surface area contributed by atoms with Crippen LogP contribution in [0.3, 0.4) is 0 Å². The highest BCUT2D eigenvalue weighted by molar-refractivity contribution is 7.78. The van der Waals surface area contributed by atoms with E-state index < -0.39 is 0 Å². The molecule has 0 bridgehead atoms. The predicted octanol–water partition coefficient (Wildman–Crippen LogP) is 1.99. The molecular weight excluding hydrogens is 142 g/mol. The third-order valence-electron chi connectivity index (χ3n) is 2.19. The predicted molar refractivity (Wildman–Crippen MR) is 47.2 cm³/mol. The maximum Gasteiger partial charge on any atom is 0.134 e. The van der Waals surface area contributed by atoms with Crippen molar-refractivity contribution in [2.24, 2.45) is 5.92 Å². The molecule has 0 aromatic heterocycles. The Morgan fingerprint density at radius 1 is 1.30 bits per heavy atom. The van der Waals surface area contributed by atoms with Crippen molar-refractivity contribution in [3.05, 3.63) is 0 Å². The van der Waals surface area contributed by atoms with E-state index in [0.717, 1.165) is 12.5 Å². The highest BCUT2D eigenvalue weighted by Crippen LogP contribution is 2.22. The maximum atomic E-state index is 4.56. The van der Waals surface area contributed by atoms with Crippen LogP contribution in [0.5, 0.6) is 0 Å². The molecule has 0 unspecified atom stereocenters. The summed E-state index contributed by atoms with van der Waals surface area (Å²) in [5.41, 5.74) is 2.55. The average molecular weight is 156 g/mol. The molecule has 1 saturated carbocycles. The van der Waals surface area contributed by atoms with Gasteiger partial charge in [-0.1, -0.05) is 31.5 Å². The van der Waals surface area contributed by atoms with Gasteiger partial charge in [0, 0.05) is 6.54 Å². The van der Waals surface area contributed by atoms with Crippen molar-refractivity contribution >= 4 is 17.7 Å². The van der Waals surface area contributed by atoms with E-state index in [9.17, 15) is 0 Å². The second-order valence-corrected chi connectivity index (χ2v) is 3.19. The van der Waals surface area contributed by atoms with Crippen LogP contribution in [-0.4, -0.2) is 12.0 Å². The molecule has 10 heavy (non-hydrogen) atoms. The van der Waals surface area contributed by atoms with Gasteiger partial charge in [-0.15, -0.1) is 0 Å². The molecule has 0 amide bonds. The quantitative estimate of drug-likeness (QED) is 0.495. The largest absolute Gasteiger partial charge is 0.374 e. The van der Waals surface area contributed by atoms with E-state index in [2.05, 4.69) is 23.0 Å². The third kappa shape index (κ3) is 2.65. The molecular formula is C8H14NS. The van der Waals surface area contributed by atoms with Crippen LogP contribution in [0, 0.1) is 5.92 Å². The fraction of sp³-hybridized carbons (Fsp3) is 0.875. The van der Waals surface area contributed by atoms with Crippen LogP contribution < -0.4 is 5.32 Å². The van der Waals surface area contributed by atoms with Gasteiger partial charge in [-0.2, -0.15) is 0 Å². The Morgan fingerprint density at radius 2 is 2.00 bits per heavy atom. The molecule has 2 heteroatoms. The minimum atomic E-state index is 0.865. The summed E-state index contributed by atoms with van der Waals surface area (Å²) >= 11 is 4.56. The summed E-state index contributed by atoms with van der Waals surface area (Å²) in [4.78, 5) is 0. The molecule has 0 saturated heterocycles. The van der Waals surface area contributed by atoms with Crippen molar-refractivity contribution in [3.8, 4) is 0 Å². The van der Waals surface area contributed by atoms with Crippen LogP contribution in [0.4, 0.5) is 0 Å². The topological polar surface area (TPSA) is 12.0 Å². The van der Waals surface area contributed by atoms with Crippen molar-refractivity contribution in [2.45, 2.75) is 32.1 Å². The molecule has 1 fully saturated rings. The van der Waals surface area contributed by atoms with E-state index in [-0.39, 0.29) is 0 Å². The molecule has 0 heterocycles. The summed E-state index contributed by atoms with van der Waals surface area (Å²) in [7, 11) is 0. The molecule has 1 N–H and O–H groups in total. The van der Waals surface area contributed by atoms with Gasteiger partial charge in [-0.05, 0) is 18.8 Å². The number of thiocarbonyl (C=S) groups is 1. The fourth-order valence-corrected chi connectivity index (χ4v) is 1.66. The Bertz CT molecular complexity index is 97.4. The highest BCUT2D eigenvalue weighted by atomic mass is 32.1. The first-order valence-electron chi connectivity index (χ1n) is 4.03. The van der Waals surface area contributed by atoms with Crippen LogP contribution in [-0.2, 0) is 0 Å². The Balaban J connectivity index is 2.07. The minimum absolute atomic E-state index is 0.865. The Labute approximate surface area is 68.2 Å². The Morgan fingerprint density at radius 3 is 2.60 bits per heavy atom. The molecule has 57 valence electrons. The van der Waals surface area contributed by atoms with E-state index in [1.165, 1.54) is 32.1 Å². The molecule has 0 aromatic carbocycles. The monoisotopic (exact) mass is 156 g/mol. The maximum absolute atomic E-state index is 4.56. The molecule has 0 aromatic rings. The van der Waals surface area contributed by atoms with E-state index in [4.69, 9.17) is 0 Å². The third-order valence-corrected chi connectivity index (χ3v) is 2.33. The SMILES string of the molecule is S=[C]NCC1CCCCC1. The zero-order chi connectivity index (χ0) is 7.23. The summed E-state index contributed by atoms with van der Waals surface area (Å²) in [5.74, 6) is 0.865. The summed E-state index contributed by atoms with van der Waals surface area (Å²) < 4.78 is 0. The lowest BCUT2D eigenvalue weighted by Gasteiger charge is -2.20. The lowest BCUT2D eigenvalue weighted by atomic mass is 9.89. The zero-order valence-corrected chi connectivity index (χ0v) is 7.04. The van der Waals surface area contributed by atoms with E-state index >= 15 is 0 Å². The smallest absolute Gasteiger partial charge is 0.134 e. The molecule has 0 aliphatic heterocycles. The highest BCUT2D eigenvalue weighted by Gasteiger charge is 2.11. The summed E-state index contributed by atoms with van der Waals surface area (Å²) in [6.45, 7) is 1.05. The standard InChI is InChI=1S/C8H14NS/c10-7-9-6-8-4-2-1-3-5-8/h8H,1-6H2,(H,9,10). The van der Waals surface area contributed by atoms with Crippen LogP contribution in [0.15, 0.2) is 0 Å². The van der Waals surface area contributed by atoms with Gasteiger partial charge in [0.25, 0.3) is 0 Å². The molecule has 1 radical (unpaired) electrons. The van der Waals surface area contributed by atoms with Gasteiger partial charge in [0.05, 0.1) is 0 Å². The molecule has 1 rings (SSSR count). The summed E-state index contributed by atoms with van der Waals surface area (Å²) in [5, 5.41) is 2.98. The van der Waals surface area contributed by atoms with Crippen molar-refractivity contribution in [1.82, 2.24) is 5.32 Å². The van der Waals surface area contributed by atoms with Gasteiger partial charge < -0.3 is 5.32 Å². The summed E-state index contributed by atoms with van der Waals surface area (Å²) in [6, 6.07) is 0. The van der Waals surface area contributed by atoms with E-state index in [1.54, 1.807) is 0 Å². The second-order valence-electron chi connectivity index (χ2n) is 2.99. The molecule has 1 nitrogen and oxygen atoms in total. The first-order chi connectivity index (χ1) is 4.93. The van der Waals surface area contributed by atoms with Crippen LogP contribution in [0.1, 0.15) is 32.1 Å². The summed E-state index contributed by atoms with van der Waals surface area (Å²) in [6.07, 6.45) is 7.00. The number of rotatable bonds is 3. The van der Waals surface area contributed by atoms with Crippen molar-refractivity contribution in [3.63, 3.8) is 0 Å². The van der Waals surface area contributed by atoms with Crippen molar-refractivity contribution < 1.29 is 0 Å². The van der Waals surface area contributed by atoms with Gasteiger partial charge in [0.15, 0.2) is 0 Å². The van der Waals surface area contributed by atoms with Crippen LogP contribution in [0.25, 0.3) is 0 Å². The Hall–Kier alpha value is -0.110. The van der Waals surface area contributed by atoms with Gasteiger partial charge >= 0.3 is 0 Å². The van der Waals surface area contributed by atoms with Gasteiger partial charge in [-0.3, -0.25) is 0 Å². The van der Waals surface area contributed by atoms with Gasteiger partial charge in [-0.25, -0.2) is 0 Å². The number of hydrogen-bond acceptors (Lipinski definition) is 1. The average Bonchev–Trinajstić information content (AvgIpc) is 2.03. The zero-order valence-electron chi connectivity index (χ0n) is 6.23. The van der Waals surface area contributed by atoms with Crippen LogP contribution >= 0.6 is 12.2 Å². The second kappa shape index (κ2) is 4.67. The van der Waals surface area contributed by atoms with E-state index in [1.807, 2.05) is 0 Å².